The summed E-state index contributed by atoms with van der Waals surface area (Å²) in [5, 5.41) is 2.58. The molecule has 2 nitrogen and oxygen atoms in total. The molecule has 1 N–H and O–H groups in total. The highest BCUT2D eigenvalue weighted by atomic mass is 32.1. The van der Waals surface area contributed by atoms with E-state index in [-0.39, 0.29) is 23.4 Å². The molecule has 1 rings (SSSR count). The van der Waals surface area contributed by atoms with Crippen LogP contribution in [-0.2, 0) is 11.2 Å². The van der Waals surface area contributed by atoms with Crippen molar-refractivity contribution in [2.24, 2.45) is 0 Å². The molecule has 0 unspecified atom stereocenters. The predicted molar refractivity (Wildman–Crippen MR) is 65.9 cm³/mol. The number of benzene rings is 1. The maximum atomic E-state index is 13.3. The molecule has 0 aliphatic carbocycles. The van der Waals surface area contributed by atoms with E-state index < -0.39 is 0 Å². The number of carbonyl (C=O) groups is 1. The molecule has 1 aromatic carbocycles. The van der Waals surface area contributed by atoms with Crippen LogP contribution in [0.1, 0.15) is 12.0 Å². The van der Waals surface area contributed by atoms with Crippen LogP contribution < -0.4 is 5.32 Å². The average molecular weight is 240 g/mol. The van der Waals surface area contributed by atoms with Gasteiger partial charge in [-0.05, 0) is 25.0 Å². The Labute approximate surface area is 101 Å². The van der Waals surface area contributed by atoms with Crippen molar-refractivity contribution in [1.82, 2.24) is 5.32 Å². The van der Waals surface area contributed by atoms with Crippen molar-refractivity contribution in [2.75, 3.05) is 6.54 Å². The molecule has 0 fully saturated rings. The molecule has 4 heteroatoms. The van der Waals surface area contributed by atoms with Crippen LogP contribution >= 0.6 is 12.6 Å². The van der Waals surface area contributed by atoms with E-state index in [1.165, 1.54) is 6.07 Å². The Morgan fingerprint density at radius 2 is 2.19 bits per heavy atom. The van der Waals surface area contributed by atoms with Crippen LogP contribution in [0.3, 0.4) is 0 Å². The number of thiol groups is 1. The van der Waals surface area contributed by atoms with Crippen LogP contribution in [0.5, 0.6) is 0 Å². The summed E-state index contributed by atoms with van der Waals surface area (Å²) in [7, 11) is 0. The quantitative estimate of drug-likeness (QED) is 0.757. The second kappa shape index (κ2) is 6.53. The third kappa shape index (κ3) is 4.23. The first-order valence-electron chi connectivity index (χ1n) is 5.11. The normalized spacial score (nSPS) is 12.2. The van der Waals surface area contributed by atoms with Gasteiger partial charge in [0.2, 0.25) is 5.91 Å². The number of rotatable bonds is 5. The number of halogens is 1. The summed E-state index contributed by atoms with van der Waals surface area (Å²) >= 11 is 4.30. The lowest BCUT2D eigenvalue weighted by atomic mass is 10.1. The molecule has 1 radical (unpaired) electrons. The monoisotopic (exact) mass is 240 g/mol. The highest BCUT2D eigenvalue weighted by Crippen LogP contribution is 2.11. The van der Waals surface area contributed by atoms with Gasteiger partial charge >= 0.3 is 0 Å². The third-order valence-corrected chi connectivity index (χ3v) is 2.54. The lowest BCUT2D eigenvalue weighted by Crippen LogP contribution is -2.30. The van der Waals surface area contributed by atoms with E-state index >= 15 is 0 Å². The molecule has 0 aromatic heterocycles. The number of nitrogens with one attached hydrogen (secondary N) is 1. The van der Waals surface area contributed by atoms with Crippen molar-refractivity contribution < 1.29 is 9.18 Å². The van der Waals surface area contributed by atoms with Gasteiger partial charge in [0.25, 0.3) is 0 Å². The van der Waals surface area contributed by atoms with Gasteiger partial charge in [0.15, 0.2) is 0 Å². The van der Waals surface area contributed by atoms with E-state index in [2.05, 4.69) is 24.9 Å². The molecule has 16 heavy (non-hydrogen) atoms. The topological polar surface area (TPSA) is 29.1 Å². The molecule has 87 valence electrons. The van der Waals surface area contributed by atoms with Gasteiger partial charge < -0.3 is 5.32 Å². The summed E-state index contributed by atoms with van der Waals surface area (Å²) in [6.45, 7) is 3.89. The van der Waals surface area contributed by atoms with Crippen LogP contribution in [0, 0.1) is 12.7 Å². The first-order chi connectivity index (χ1) is 7.63. The van der Waals surface area contributed by atoms with E-state index in [9.17, 15) is 9.18 Å². The number of hydrogen-bond acceptors (Lipinski definition) is 2. The highest BCUT2D eigenvalue weighted by molar-refractivity contribution is 7.81. The lowest BCUT2D eigenvalue weighted by molar-refractivity contribution is -0.120. The minimum absolute atomic E-state index is 0.0904. The summed E-state index contributed by atoms with van der Waals surface area (Å²) in [5.41, 5.74) is 0.617. The molecule has 1 atom stereocenters. The van der Waals surface area contributed by atoms with E-state index in [1.807, 2.05) is 0 Å². The van der Waals surface area contributed by atoms with Crippen LogP contribution in [0.2, 0.25) is 0 Å². The Bertz CT molecular complexity index is 357. The number of hydrogen-bond donors (Lipinski definition) is 2. The van der Waals surface area contributed by atoms with E-state index in [1.54, 1.807) is 18.2 Å². The smallest absolute Gasteiger partial charge is 0.220 e. The van der Waals surface area contributed by atoms with Gasteiger partial charge in [-0.2, -0.15) is 12.6 Å². The maximum Gasteiger partial charge on any atom is 0.220 e. The van der Waals surface area contributed by atoms with Crippen molar-refractivity contribution >= 4 is 18.5 Å². The van der Waals surface area contributed by atoms with Crippen molar-refractivity contribution in [3.05, 3.63) is 42.6 Å². The minimum atomic E-state index is -0.231. The summed E-state index contributed by atoms with van der Waals surface area (Å²) in [5.74, 6) is -0.349. The average Bonchev–Trinajstić information content (AvgIpc) is 2.29. The molecule has 0 aliphatic heterocycles. The van der Waals surface area contributed by atoms with Crippen LogP contribution in [0.15, 0.2) is 24.3 Å². The van der Waals surface area contributed by atoms with Crippen molar-refractivity contribution in [1.29, 1.82) is 0 Å². The van der Waals surface area contributed by atoms with E-state index in [4.69, 9.17) is 0 Å². The van der Waals surface area contributed by atoms with Gasteiger partial charge in [0, 0.05) is 18.2 Å². The zero-order valence-corrected chi connectivity index (χ0v) is 9.84. The first kappa shape index (κ1) is 13.0. The molecule has 0 bridgehead atoms. The second-order valence-electron chi connectivity index (χ2n) is 3.50. The second-order valence-corrected chi connectivity index (χ2v) is 4.23. The molecule has 0 heterocycles. The van der Waals surface area contributed by atoms with E-state index in [0.717, 1.165) is 0 Å². The molecule has 0 saturated heterocycles. The Morgan fingerprint density at radius 1 is 1.50 bits per heavy atom. The minimum Gasteiger partial charge on any atom is -0.355 e. The molecular weight excluding hydrogens is 225 g/mol. The Hall–Kier alpha value is -1.03. The number of amides is 1. The maximum absolute atomic E-state index is 13.3. The van der Waals surface area contributed by atoms with Gasteiger partial charge in [0.1, 0.15) is 5.82 Å². The summed E-state index contributed by atoms with van der Waals surface area (Å²) < 4.78 is 13.3. The highest BCUT2D eigenvalue weighted by Gasteiger charge is 2.08. The van der Waals surface area contributed by atoms with Crippen LogP contribution in [0.25, 0.3) is 0 Å². The lowest BCUT2D eigenvalue weighted by Gasteiger charge is -2.12. The van der Waals surface area contributed by atoms with Crippen LogP contribution in [0.4, 0.5) is 4.39 Å². The van der Waals surface area contributed by atoms with Gasteiger partial charge in [-0.1, -0.05) is 18.2 Å². The van der Waals surface area contributed by atoms with Crippen molar-refractivity contribution in [3.8, 4) is 0 Å². The number of carbonyl (C=O) groups excluding carboxylic acids is 1. The van der Waals surface area contributed by atoms with Gasteiger partial charge in [-0.25, -0.2) is 4.39 Å². The molecule has 0 aliphatic rings. The fourth-order valence-electron chi connectivity index (χ4n) is 1.31. The zero-order chi connectivity index (χ0) is 12.0. The van der Waals surface area contributed by atoms with Crippen molar-refractivity contribution in [3.63, 3.8) is 0 Å². The Balaban J connectivity index is 2.43. The molecule has 1 aromatic rings. The Kier molecular flexibility index (Phi) is 5.32. The molecular formula is C12H15FNOS. The largest absolute Gasteiger partial charge is 0.355 e. The Morgan fingerprint density at radius 3 is 2.81 bits per heavy atom. The summed E-state index contributed by atoms with van der Waals surface area (Å²) in [4.78, 5) is 11.0. The molecule has 0 spiro atoms. The van der Waals surface area contributed by atoms with Crippen LogP contribution in [-0.4, -0.2) is 17.7 Å². The van der Waals surface area contributed by atoms with Gasteiger partial charge in [-0.3, -0.25) is 4.79 Å². The first-order valence-corrected chi connectivity index (χ1v) is 5.62. The SMILES string of the molecule is [CH2]CC(=O)NC[C@@H](S)Cc1ccccc1F. The molecule has 0 saturated carbocycles. The fraction of sp³-hybridized carbons (Fsp3) is 0.333. The standard InChI is InChI=1S/C12H15FNOS/c1-2-12(15)14-8-10(16)7-9-5-3-4-6-11(9)13/h3-6,10,16H,1-2,7-8H2,(H,14,15)/t10-/m0/s1. The van der Waals surface area contributed by atoms with Crippen molar-refractivity contribution in [2.45, 2.75) is 18.1 Å². The third-order valence-electron chi connectivity index (χ3n) is 2.18. The van der Waals surface area contributed by atoms with E-state index in [0.29, 0.717) is 18.5 Å². The summed E-state index contributed by atoms with van der Waals surface area (Å²) in [6, 6.07) is 6.58. The summed E-state index contributed by atoms with van der Waals surface area (Å²) in [6.07, 6.45) is 0.702. The molecule has 1 amide bonds. The predicted octanol–water partition coefficient (Wildman–Crippen LogP) is 2.01. The zero-order valence-electron chi connectivity index (χ0n) is 8.95. The van der Waals surface area contributed by atoms with Gasteiger partial charge in [0.05, 0.1) is 0 Å². The van der Waals surface area contributed by atoms with Gasteiger partial charge in [-0.15, -0.1) is 0 Å². The fourth-order valence-corrected chi connectivity index (χ4v) is 1.60.